The topological polar surface area (TPSA) is 0 Å². The lowest BCUT2D eigenvalue weighted by Gasteiger charge is -2.03. The lowest BCUT2D eigenvalue weighted by Crippen LogP contribution is -1.82. The average Bonchev–Trinajstić information content (AvgIpc) is 2.30. The van der Waals surface area contributed by atoms with E-state index in [9.17, 15) is 0 Å². The van der Waals surface area contributed by atoms with Crippen LogP contribution in [0.1, 0.15) is 12.5 Å². The number of rotatable bonds is 2. The molecule has 0 N–H and O–H groups in total. The third-order valence-electron chi connectivity index (χ3n) is 2.43. The van der Waals surface area contributed by atoms with Crippen LogP contribution in [-0.4, -0.2) is 0 Å². The van der Waals surface area contributed by atoms with Crippen LogP contribution in [0.5, 0.6) is 0 Å². The minimum atomic E-state index is 1.07. The van der Waals surface area contributed by atoms with Gasteiger partial charge >= 0.3 is 0 Å². The summed E-state index contributed by atoms with van der Waals surface area (Å²) in [6, 6.07) is 17.9. The first kappa shape index (κ1) is 10.4. The van der Waals surface area contributed by atoms with Crippen molar-refractivity contribution >= 4 is 15.9 Å². The molecule has 0 atom stereocenters. The van der Waals surface area contributed by atoms with Crippen LogP contribution in [0.25, 0.3) is 11.1 Å². The molecule has 0 spiro atoms. The number of benzene rings is 2. The van der Waals surface area contributed by atoms with Gasteiger partial charge in [-0.3, -0.25) is 0 Å². The highest BCUT2D eigenvalue weighted by molar-refractivity contribution is 9.10. The highest BCUT2D eigenvalue weighted by Crippen LogP contribution is 2.22. The molecule has 0 nitrogen and oxygen atoms in total. The summed E-state index contributed by atoms with van der Waals surface area (Å²) in [6.07, 6.45) is 1.07. The Labute approximate surface area is 99.1 Å². The van der Waals surface area contributed by atoms with Gasteiger partial charge in [0.2, 0.25) is 0 Å². The van der Waals surface area contributed by atoms with Crippen LogP contribution in [0.4, 0.5) is 0 Å². The molecule has 75 valence electrons. The van der Waals surface area contributed by atoms with E-state index in [2.05, 4.69) is 65.3 Å². The molecule has 15 heavy (non-hydrogen) atoms. The van der Waals surface area contributed by atoms with Crippen molar-refractivity contribution in [3.05, 3.63) is 58.6 Å². The van der Waals surface area contributed by atoms with Gasteiger partial charge in [0.25, 0.3) is 0 Å². The lowest BCUT2D eigenvalue weighted by atomic mass is 10.0. The fraction of sp³-hybridized carbons (Fsp3) is 0.143. The fourth-order valence-corrected chi connectivity index (χ4v) is 1.79. The first-order valence-electron chi connectivity index (χ1n) is 5.06. The fourth-order valence-electron chi connectivity index (χ4n) is 1.53. The third-order valence-corrected chi connectivity index (χ3v) is 2.96. The molecule has 2 aromatic rings. The van der Waals surface area contributed by atoms with Crippen molar-refractivity contribution in [1.82, 2.24) is 0 Å². The zero-order valence-corrected chi connectivity index (χ0v) is 10.2. The minimum Gasteiger partial charge on any atom is -0.0613 e. The van der Waals surface area contributed by atoms with Crippen molar-refractivity contribution in [2.45, 2.75) is 13.3 Å². The van der Waals surface area contributed by atoms with Crippen LogP contribution >= 0.6 is 15.9 Å². The molecule has 0 unspecified atom stereocenters. The smallest absolute Gasteiger partial charge is 0.0175 e. The predicted molar refractivity (Wildman–Crippen MR) is 67.8 cm³/mol. The quantitative estimate of drug-likeness (QED) is 0.746. The summed E-state index contributed by atoms with van der Waals surface area (Å²) >= 11 is 3.44. The SMILES string of the molecule is CCc1cc[c]c(-c2ccc(Br)cc2)c1. The third kappa shape index (κ3) is 2.48. The van der Waals surface area contributed by atoms with Gasteiger partial charge in [-0.05, 0) is 41.3 Å². The zero-order valence-electron chi connectivity index (χ0n) is 8.63. The van der Waals surface area contributed by atoms with Gasteiger partial charge in [-0.15, -0.1) is 0 Å². The van der Waals surface area contributed by atoms with Gasteiger partial charge in [0.1, 0.15) is 0 Å². The Kier molecular flexibility index (Phi) is 3.22. The zero-order chi connectivity index (χ0) is 10.7. The number of aryl methyl sites for hydroxylation is 1. The van der Waals surface area contributed by atoms with Crippen LogP contribution in [0.2, 0.25) is 0 Å². The van der Waals surface area contributed by atoms with E-state index in [1.807, 2.05) is 6.07 Å². The van der Waals surface area contributed by atoms with E-state index in [0.29, 0.717) is 0 Å². The number of hydrogen-bond acceptors (Lipinski definition) is 0. The molecule has 0 bridgehead atoms. The van der Waals surface area contributed by atoms with Gasteiger partial charge < -0.3 is 0 Å². The van der Waals surface area contributed by atoms with Crippen LogP contribution in [0, 0.1) is 6.07 Å². The van der Waals surface area contributed by atoms with E-state index >= 15 is 0 Å². The Hall–Kier alpha value is -1.08. The molecular formula is C14H12Br. The molecule has 0 aliphatic carbocycles. The Morgan fingerprint density at radius 3 is 2.53 bits per heavy atom. The van der Waals surface area contributed by atoms with E-state index in [-0.39, 0.29) is 0 Å². The monoisotopic (exact) mass is 259 g/mol. The van der Waals surface area contributed by atoms with E-state index in [1.165, 1.54) is 16.7 Å². The summed E-state index contributed by atoms with van der Waals surface area (Å²) in [4.78, 5) is 0. The molecule has 0 heterocycles. The first-order chi connectivity index (χ1) is 7.29. The standard InChI is InChI=1S/C14H12Br/c1-2-11-4-3-5-13(10-11)12-6-8-14(15)9-7-12/h3-4,6-10H,2H2,1H3. The van der Waals surface area contributed by atoms with Crippen molar-refractivity contribution in [1.29, 1.82) is 0 Å². The normalized spacial score (nSPS) is 10.3. The van der Waals surface area contributed by atoms with Gasteiger partial charge in [-0.1, -0.05) is 53.2 Å². The van der Waals surface area contributed by atoms with Crippen molar-refractivity contribution < 1.29 is 0 Å². The highest BCUT2D eigenvalue weighted by Gasteiger charge is 1.98. The van der Waals surface area contributed by atoms with Crippen LogP contribution < -0.4 is 0 Å². The highest BCUT2D eigenvalue weighted by atomic mass is 79.9. The average molecular weight is 260 g/mol. The molecule has 0 saturated carbocycles. The van der Waals surface area contributed by atoms with E-state index in [4.69, 9.17) is 0 Å². The van der Waals surface area contributed by atoms with E-state index in [0.717, 1.165) is 10.9 Å². The molecular weight excluding hydrogens is 248 g/mol. The molecule has 2 aromatic carbocycles. The molecule has 0 aromatic heterocycles. The predicted octanol–water partition coefficient (Wildman–Crippen LogP) is 4.48. The van der Waals surface area contributed by atoms with Crippen molar-refractivity contribution in [2.24, 2.45) is 0 Å². The summed E-state index contributed by atoms with van der Waals surface area (Å²) in [5.74, 6) is 0. The Bertz CT molecular complexity index is 443. The van der Waals surface area contributed by atoms with Crippen molar-refractivity contribution in [3.63, 3.8) is 0 Å². The first-order valence-corrected chi connectivity index (χ1v) is 5.85. The second-order valence-corrected chi connectivity index (χ2v) is 4.39. The molecule has 1 heteroatoms. The summed E-state index contributed by atoms with van der Waals surface area (Å²) in [7, 11) is 0. The van der Waals surface area contributed by atoms with Gasteiger partial charge in [-0.25, -0.2) is 0 Å². The largest absolute Gasteiger partial charge is 0.0613 e. The summed E-state index contributed by atoms with van der Waals surface area (Å²) in [6.45, 7) is 2.17. The summed E-state index contributed by atoms with van der Waals surface area (Å²) in [5.41, 5.74) is 3.74. The molecule has 0 aliphatic heterocycles. The Morgan fingerprint density at radius 1 is 1.13 bits per heavy atom. The van der Waals surface area contributed by atoms with Gasteiger partial charge in [0.15, 0.2) is 0 Å². The minimum absolute atomic E-state index is 1.07. The molecule has 0 aliphatic rings. The van der Waals surface area contributed by atoms with Crippen molar-refractivity contribution in [3.8, 4) is 11.1 Å². The van der Waals surface area contributed by atoms with Gasteiger partial charge in [0.05, 0.1) is 0 Å². The second-order valence-electron chi connectivity index (χ2n) is 3.47. The maximum atomic E-state index is 3.44. The Morgan fingerprint density at radius 2 is 1.87 bits per heavy atom. The maximum Gasteiger partial charge on any atom is 0.0175 e. The van der Waals surface area contributed by atoms with Crippen molar-refractivity contribution in [2.75, 3.05) is 0 Å². The van der Waals surface area contributed by atoms with Gasteiger partial charge in [-0.2, -0.15) is 0 Å². The van der Waals surface area contributed by atoms with Crippen LogP contribution in [0.15, 0.2) is 46.9 Å². The molecule has 0 amide bonds. The molecule has 0 fully saturated rings. The van der Waals surface area contributed by atoms with E-state index < -0.39 is 0 Å². The van der Waals surface area contributed by atoms with Crippen LogP contribution in [0.3, 0.4) is 0 Å². The summed E-state index contributed by atoms with van der Waals surface area (Å²) in [5, 5.41) is 0. The maximum absolute atomic E-state index is 3.44. The van der Waals surface area contributed by atoms with E-state index in [1.54, 1.807) is 0 Å². The number of halogens is 1. The van der Waals surface area contributed by atoms with Crippen LogP contribution in [-0.2, 0) is 6.42 Å². The lowest BCUT2D eigenvalue weighted by molar-refractivity contribution is 1.14. The Balaban J connectivity index is 2.40. The molecule has 0 saturated heterocycles. The summed E-state index contributed by atoms with van der Waals surface area (Å²) < 4.78 is 1.11. The molecule has 1 radical (unpaired) electrons. The second kappa shape index (κ2) is 4.63. The van der Waals surface area contributed by atoms with Gasteiger partial charge in [0, 0.05) is 4.47 Å². The molecule has 2 rings (SSSR count). The number of hydrogen-bond donors (Lipinski definition) is 0.